The standard InChI is InChI=1S/C29H29ClN2O5/c1-17(2)31-29(36)32-25(19-11-15-22(37-3)16-12-19)24(27(33)20-7-5-4-6-8-20)23(26(32)28(34)35)18-9-13-21(30)14-10-18/h4-17,23-26H,1-3H3,(H,31,36)(H,34,35). The molecule has 8 heteroatoms. The number of methoxy groups -OCH3 is 1. The number of ketones is 1. The number of carboxylic acids is 1. The first kappa shape index (κ1) is 26.2. The van der Waals surface area contributed by atoms with Crippen molar-refractivity contribution in [2.45, 2.75) is 37.9 Å². The minimum Gasteiger partial charge on any atom is -0.497 e. The Bertz CT molecular complexity index is 1260. The van der Waals surface area contributed by atoms with Crippen molar-refractivity contribution < 1.29 is 24.2 Å². The lowest BCUT2D eigenvalue weighted by Crippen LogP contribution is -2.50. The maximum absolute atomic E-state index is 14.2. The Morgan fingerprint density at radius 1 is 0.919 bits per heavy atom. The van der Waals surface area contributed by atoms with Gasteiger partial charge in [0, 0.05) is 22.5 Å². The molecule has 37 heavy (non-hydrogen) atoms. The molecule has 4 unspecified atom stereocenters. The van der Waals surface area contributed by atoms with E-state index in [1.54, 1.807) is 93.8 Å². The molecular weight excluding hydrogens is 492 g/mol. The van der Waals surface area contributed by atoms with Crippen LogP contribution in [0, 0.1) is 5.92 Å². The fourth-order valence-corrected chi connectivity index (χ4v) is 5.23. The summed E-state index contributed by atoms with van der Waals surface area (Å²) >= 11 is 6.13. The number of nitrogens with zero attached hydrogens (tertiary/aromatic N) is 1. The zero-order chi connectivity index (χ0) is 26.7. The highest BCUT2D eigenvalue weighted by molar-refractivity contribution is 6.30. The average molecular weight is 521 g/mol. The van der Waals surface area contributed by atoms with Gasteiger partial charge in [0.2, 0.25) is 0 Å². The van der Waals surface area contributed by atoms with Crippen LogP contribution < -0.4 is 10.1 Å². The van der Waals surface area contributed by atoms with Gasteiger partial charge in [0.15, 0.2) is 5.78 Å². The Hall–Kier alpha value is -3.84. The van der Waals surface area contributed by atoms with Gasteiger partial charge >= 0.3 is 12.0 Å². The van der Waals surface area contributed by atoms with E-state index in [4.69, 9.17) is 16.3 Å². The smallest absolute Gasteiger partial charge is 0.327 e. The summed E-state index contributed by atoms with van der Waals surface area (Å²) in [6, 6.07) is 19.6. The van der Waals surface area contributed by atoms with Crippen LogP contribution in [-0.4, -0.2) is 47.0 Å². The van der Waals surface area contributed by atoms with E-state index >= 15 is 0 Å². The SMILES string of the molecule is COc1ccc(C2C(C(=O)c3ccccc3)C(c3ccc(Cl)cc3)C(C(=O)O)N2C(=O)NC(C)C)cc1. The Kier molecular flexibility index (Phi) is 7.83. The lowest BCUT2D eigenvalue weighted by atomic mass is 9.76. The Morgan fingerprint density at radius 3 is 2.05 bits per heavy atom. The summed E-state index contributed by atoms with van der Waals surface area (Å²) < 4.78 is 5.30. The topological polar surface area (TPSA) is 95.9 Å². The van der Waals surface area contributed by atoms with E-state index in [9.17, 15) is 19.5 Å². The van der Waals surface area contributed by atoms with Crippen molar-refractivity contribution in [2.24, 2.45) is 5.92 Å². The third kappa shape index (κ3) is 5.32. The number of hydrogen-bond donors (Lipinski definition) is 2. The molecule has 2 N–H and O–H groups in total. The van der Waals surface area contributed by atoms with Crippen molar-refractivity contribution in [1.29, 1.82) is 0 Å². The number of amides is 2. The van der Waals surface area contributed by atoms with Crippen molar-refractivity contribution in [3.05, 3.63) is 101 Å². The summed E-state index contributed by atoms with van der Waals surface area (Å²) in [6.07, 6.45) is 0. The molecule has 3 aromatic carbocycles. The fourth-order valence-electron chi connectivity index (χ4n) is 5.10. The van der Waals surface area contributed by atoms with E-state index < -0.39 is 35.9 Å². The molecule has 0 saturated carbocycles. The van der Waals surface area contributed by atoms with Gasteiger partial charge < -0.3 is 20.1 Å². The van der Waals surface area contributed by atoms with Crippen molar-refractivity contribution in [3.8, 4) is 5.75 Å². The molecule has 1 heterocycles. The number of hydrogen-bond acceptors (Lipinski definition) is 4. The maximum atomic E-state index is 14.2. The zero-order valence-corrected chi connectivity index (χ0v) is 21.6. The second kappa shape index (κ2) is 11.0. The fraction of sp³-hybridized carbons (Fsp3) is 0.276. The Morgan fingerprint density at radius 2 is 1.51 bits per heavy atom. The number of halogens is 1. The first-order chi connectivity index (χ1) is 17.7. The molecule has 0 radical (unpaired) electrons. The van der Waals surface area contributed by atoms with E-state index in [0.717, 1.165) is 0 Å². The molecule has 1 aliphatic rings. The first-order valence-electron chi connectivity index (χ1n) is 12.0. The molecule has 2 amide bonds. The lowest BCUT2D eigenvalue weighted by molar-refractivity contribution is -0.142. The van der Waals surface area contributed by atoms with Gasteiger partial charge in [0.05, 0.1) is 19.1 Å². The van der Waals surface area contributed by atoms with E-state index in [1.807, 2.05) is 6.07 Å². The molecule has 0 aliphatic carbocycles. The second-order valence-corrected chi connectivity index (χ2v) is 9.78. The number of urea groups is 1. The van der Waals surface area contributed by atoms with Gasteiger partial charge in [-0.3, -0.25) is 4.79 Å². The summed E-state index contributed by atoms with van der Waals surface area (Å²) in [5, 5.41) is 13.8. The van der Waals surface area contributed by atoms with Crippen molar-refractivity contribution in [2.75, 3.05) is 7.11 Å². The number of likely N-dealkylation sites (tertiary alicyclic amines) is 1. The van der Waals surface area contributed by atoms with Crippen LogP contribution in [0.1, 0.15) is 47.3 Å². The molecule has 1 aliphatic heterocycles. The van der Waals surface area contributed by atoms with Gasteiger partial charge in [-0.2, -0.15) is 0 Å². The Labute approximate surface area is 221 Å². The number of ether oxygens (including phenoxy) is 1. The van der Waals surface area contributed by atoms with Crippen molar-refractivity contribution >= 4 is 29.4 Å². The number of rotatable bonds is 7. The summed E-state index contributed by atoms with van der Waals surface area (Å²) in [5.74, 6) is -2.54. The van der Waals surface area contributed by atoms with Crippen LogP contribution in [-0.2, 0) is 4.79 Å². The third-order valence-corrected chi connectivity index (χ3v) is 6.89. The first-order valence-corrected chi connectivity index (χ1v) is 12.4. The van der Waals surface area contributed by atoms with E-state index in [0.29, 0.717) is 27.5 Å². The second-order valence-electron chi connectivity index (χ2n) is 9.35. The normalized spacial score (nSPS) is 21.1. The number of carbonyl (C=O) groups is 3. The molecule has 0 spiro atoms. The van der Waals surface area contributed by atoms with Gasteiger partial charge in [0.25, 0.3) is 0 Å². The molecule has 0 bridgehead atoms. The summed E-state index contributed by atoms with van der Waals surface area (Å²) in [6.45, 7) is 3.60. The van der Waals surface area contributed by atoms with Gasteiger partial charge in [-0.15, -0.1) is 0 Å². The number of Topliss-reactive ketones (excluding diaryl/α,β-unsaturated/α-hetero) is 1. The van der Waals surface area contributed by atoms with Crippen LogP contribution in [0.15, 0.2) is 78.9 Å². The highest BCUT2D eigenvalue weighted by Gasteiger charge is 2.57. The number of aliphatic carboxylic acids is 1. The molecule has 0 aromatic heterocycles. The monoisotopic (exact) mass is 520 g/mol. The van der Waals surface area contributed by atoms with E-state index in [2.05, 4.69) is 5.32 Å². The molecule has 192 valence electrons. The van der Waals surface area contributed by atoms with Gasteiger partial charge in [-0.1, -0.05) is 66.2 Å². The predicted molar refractivity (Wildman–Crippen MR) is 141 cm³/mol. The molecule has 1 saturated heterocycles. The number of nitrogens with one attached hydrogen (secondary N) is 1. The summed E-state index contributed by atoms with van der Waals surface area (Å²) in [7, 11) is 1.55. The minimum absolute atomic E-state index is 0.240. The quantitative estimate of drug-likeness (QED) is 0.398. The largest absolute Gasteiger partial charge is 0.497 e. The van der Waals surface area contributed by atoms with Gasteiger partial charge in [-0.05, 0) is 49.2 Å². The third-order valence-electron chi connectivity index (χ3n) is 6.64. The summed E-state index contributed by atoms with van der Waals surface area (Å²) in [5.41, 5.74) is 1.70. The molecule has 1 fully saturated rings. The van der Waals surface area contributed by atoms with Gasteiger partial charge in [-0.25, -0.2) is 9.59 Å². The maximum Gasteiger partial charge on any atom is 0.327 e. The Balaban J connectivity index is 1.97. The van der Waals surface area contributed by atoms with Crippen LogP contribution in [0.2, 0.25) is 5.02 Å². The predicted octanol–water partition coefficient (Wildman–Crippen LogP) is 5.56. The average Bonchev–Trinajstić information content (AvgIpc) is 3.25. The summed E-state index contributed by atoms with van der Waals surface area (Å²) in [4.78, 5) is 41.9. The molecule has 3 aromatic rings. The van der Waals surface area contributed by atoms with Crippen molar-refractivity contribution in [1.82, 2.24) is 10.2 Å². The lowest BCUT2D eigenvalue weighted by Gasteiger charge is -2.31. The van der Waals surface area contributed by atoms with Gasteiger partial charge in [0.1, 0.15) is 11.8 Å². The van der Waals surface area contributed by atoms with Crippen LogP contribution >= 0.6 is 11.6 Å². The van der Waals surface area contributed by atoms with E-state index in [-0.39, 0.29) is 11.8 Å². The van der Waals surface area contributed by atoms with Crippen LogP contribution in [0.25, 0.3) is 0 Å². The van der Waals surface area contributed by atoms with E-state index in [1.165, 1.54) is 4.90 Å². The molecular formula is C29H29ClN2O5. The van der Waals surface area contributed by atoms with Crippen LogP contribution in [0.4, 0.5) is 4.79 Å². The molecule has 4 atom stereocenters. The number of carbonyl (C=O) groups excluding carboxylic acids is 2. The number of benzene rings is 3. The molecule has 4 rings (SSSR count). The highest BCUT2D eigenvalue weighted by atomic mass is 35.5. The number of carboxylic acid groups (broad SMARTS) is 1. The van der Waals surface area contributed by atoms with Crippen molar-refractivity contribution in [3.63, 3.8) is 0 Å². The minimum atomic E-state index is -1.30. The zero-order valence-electron chi connectivity index (χ0n) is 20.8. The van der Waals surface area contributed by atoms with Crippen LogP contribution in [0.3, 0.4) is 0 Å². The molecule has 7 nitrogen and oxygen atoms in total. The highest BCUT2D eigenvalue weighted by Crippen LogP contribution is 2.51. The van der Waals surface area contributed by atoms with Crippen LogP contribution in [0.5, 0.6) is 5.75 Å².